The second-order valence-corrected chi connectivity index (χ2v) is 12.6. The molecule has 0 aromatic heterocycles. The standard InChI is InChI=1S/C32H50N2O3S/c1-4-29(38-3)11-6-5-9-26(10-7-16-33-18-21-36-22-19-33)30-14-12-28(30)24-34-17-8-20-37-32-15-13-27(25(2)35)23-31(32)34/h5,9,13,15,23,26,28-30H,4,6-8,10-12,14,16-22,24H2,1-3H3/b9-5+. The molecule has 1 aliphatic carbocycles. The molecule has 0 bridgehead atoms. The Morgan fingerprint density at radius 2 is 2.00 bits per heavy atom. The third-order valence-corrected chi connectivity index (χ3v) is 10.2. The molecule has 5 nitrogen and oxygen atoms in total. The number of nitrogens with zero attached hydrogens (tertiary/aromatic N) is 2. The summed E-state index contributed by atoms with van der Waals surface area (Å²) in [4.78, 5) is 17.2. The number of ketones is 1. The molecule has 1 saturated heterocycles. The molecule has 0 radical (unpaired) electrons. The summed E-state index contributed by atoms with van der Waals surface area (Å²) < 4.78 is 11.6. The Hall–Kier alpha value is -1.50. The fraction of sp³-hybridized carbons (Fsp3) is 0.719. The van der Waals surface area contributed by atoms with Gasteiger partial charge in [-0.2, -0.15) is 11.8 Å². The van der Waals surface area contributed by atoms with Crippen molar-refractivity contribution in [2.75, 3.05) is 63.7 Å². The average molecular weight is 543 g/mol. The van der Waals surface area contributed by atoms with Crippen LogP contribution >= 0.6 is 11.8 Å². The van der Waals surface area contributed by atoms with Crippen LogP contribution in [-0.4, -0.2) is 74.7 Å². The number of allylic oxidation sites excluding steroid dienone is 2. The van der Waals surface area contributed by atoms with E-state index in [1.54, 1.807) is 6.92 Å². The number of anilines is 1. The van der Waals surface area contributed by atoms with E-state index in [9.17, 15) is 4.79 Å². The number of fused-ring (bicyclic) bond motifs is 1. The van der Waals surface area contributed by atoms with Crippen LogP contribution in [-0.2, 0) is 4.74 Å². The van der Waals surface area contributed by atoms with Crippen LogP contribution in [0.15, 0.2) is 30.4 Å². The predicted octanol–water partition coefficient (Wildman–Crippen LogP) is 6.71. The molecular weight excluding hydrogens is 492 g/mol. The zero-order valence-corrected chi connectivity index (χ0v) is 24.9. The molecule has 2 heterocycles. The van der Waals surface area contributed by atoms with Gasteiger partial charge in [0.2, 0.25) is 0 Å². The number of morpholine rings is 1. The van der Waals surface area contributed by atoms with E-state index in [0.717, 1.165) is 80.6 Å². The van der Waals surface area contributed by atoms with Gasteiger partial charge >= 0.3 is 0 Å². The van der Waals surface area contributed by atoms with Crippen LogP contribution in [0, 0.1) is 17.8 Å². The van der Waals surface area contributed by atoms with E-state index in [0.29, 0.717) is 11.8 Å². The maximum absolute atomic E-state index is 12.1. The quantitative estimate of drug-likeness (QED) is 0.192. The Kier molecular flexibility index (Phi) is 11.9. The number of thioether (sulfide) groups is 1. The van der Waals surface area contributed by atoms with Gasteiger partial charge in [0.25, 0.3) is 0 Å². The van der Waals surface area contributed by atoms with Gasteiger partial charge in [-0.15, -0.1) is 0 Å². The summed E-state index contributed by atoms with van der Waals surface area (Å²) >= 11 is 2.01. The molecular formula is C32H50N2O3S. The van der Waals surface area contributed by atoms with Crippen LogP contribution in [0.4, 0.5) is 5.69 Å². The van der Waals surface area contributed by atoms with Gasteiger partial charge in [0.15, 0.2) is 5.78 Å². The molecule has 1 aromatic rings. The van der Waals surface area contributed by atoms with E-state index in [4.69, 9.17) is 9.47 Å². The van der Waals surface area contributed by atoms with Crippen LogP contribution in [0.25, 0.3) is 0 Å². The number of rotatable bonds is 14. The highest BCUT2D eigenvalue weighted by Crippen LogP contribution is 2.44. The minimum absolute atomic E-state index is 0.121. The fourth-order valence-electron chi connectivity index (χ4n) is 6.39. The van der Waals surface area contributed by atoms with Crippen LogP contribution in [0.2, 0.25) is 0 Å². The van der Waals surface area contributed by atoms with Gasteiger partial charge in [0.1, 0.15) is 5.75 Å². The van der Waals surface area contributed by atoms with Gasteiger partial charge in [-0.3, -0.25) is 9.69 Å². The van der Waals surface area contributed by atoms with Crippen molar-refractivity contribution < 1.29 is 14.3 Å². The highest BCUT2D eigenvalue weighted by atomic mass is 32.2. The fourth-order valence-corrected chi connectivity index (χ4v) is 7.10. The summed E-state index contributed by atoms with van der Waals surface area (Å²) in [5.74, 6) is 3.17. The second-order valence-electron chi connectivity index (χ2n) is 11.4. The monoisotopic (exact) mass is 542 g/mol. The number of hydrogen-bond acceptors (Lipinski definition) is 6. The lowest BCUT2D eigenvalue weighted by Crippen LogP contribution is -2.41. The lowest BCUT2D eigenvalue weighted by atomic mass is 9.65. The first kappa shape index (κ1) is 29.5. The zero-order valence-electron chi connectivity index (χ0n) is 24.0. The smallest absolute Gasteiger partial charge is 0.159 e. The normalized spacial score (nSPS) is 23.8. The largest absolute Gasteiger partial charge is 0.491 e. The molecule has 1 aromatic carbocycles. The van der Waals surface area contributed by atoms with E-state index in [2.05, 4.69) is 41.2 Å². The van der Waals surface area contributed by atoms with E-state index < -0.39 is 0 Å². The minimum Gasteiger partial charge on any atom is -0.491 e. The molecule has 0 spiro atoms. The number of carbonyl (C=O) groups is 1. The SMILES string of the molecule is CCC(CC/C=C/C(CCCN1CCOCC1)C1CCC1CN1CCCOc2ccc(C(C)=O)cc21)SC. The molecule has 4 atom stereocenters. The van der Waals surface area contributed by atoms with Crippen LogP contribution in [0.1, 0.15) is 75.6 Å². The van der Waals surface area contributed by atoms with Crippen molar-refractivity contribution >= 4 is 23.2 Å². The van der Waals surface area contributed by atoms with E-state index in [-0.39, 0.29) is 5.78 Å². The maximum Gasteiger partial charge on any atom is 0.159 e. The zero-order chi connectivity index (χ0) is 26.7. The van der Waals surface area contributed by atoms with Crippen molar-refractivity contribution in [2.24, 2.45) is 17.8 Å². The van der Waals surface area contributed by atoms with Crippen molar-refractivity contribution in [1.29, 1.82) is 0 Å². The van der Waals surface area contributed by atoms with Crippen molar-refractivity contribution in [1.82, 2.24) is 4.90 Å². The van der Waals surface area contributed by atoms with Crippen molar-refractivity contribution in [2.45, 2.75) is 70.5 Å². The first-order valence-corrected chi connectivity index (χ1v) is 16.4. The lowest BCUT2D eigenvalue weighted by Gasteiger charge is -2.44. The molecule has 4 rings (SSSR count). The molecule has 4 unspecified atom stereocenters. The summed E-state index contributed by atoms with van der Waals surface area (Å²) in [5, 5.41) is 0.779. The Bertz CT molecular complexity index is 897. The van der Waals surface area contributed by atoms with Crippen LogP contribution in [0.5, 0.6) is 5.75 Å². The van der Waals surface area contributed by atoms with Crippen molar-refractivity contribution in [3.05, 3.63) is 35.9 Å². The third-order valence-electron chi connectivity index (χ3n) is 8.96. The Morgan fingerprint density at radius 3 is 2.71 bits per heavy atom. The van der Waals surface area contributed by atoms with Crippen molar-refractivity contribution in [3.63, 3.8) is 0 Å². The molecule has 0 amide bonds. The highest BCUT2D eigenvalue weighted by molar-refractivity contribution is 7.99. The van der Waals surface area contributed by atoms with Gasteiger partial charge in [-0.05, 0) is 107 Å². The Balaban J connectivity index is 1.40. The van der Waals surface area contributed by atoms with Gasteiger partial charge < -0.3 is 14.4 Å². The van der Waals surface area contributed by atoms with Gasteiger partial charge in [0.05, 0.1) is 25.5 Å². The minimum atomic E-state index is 0.121. The van der Waals surface area contributed by atoms with E-state index in [1.807, 2.05) is 23.9 Å². The van der Waals surface area contributed by atoms with Crippen LogP contribution in [0.3, 0.4) is 0 Å². The summed E-state index contributed by atoms with van der Waals surface area (Å²) in [7, 11) is 0. The number of carbonyl (C=O) groups excluding carboxylic acids is 1. The molecule has 3 aliphatic rings. The van der Waals surface area contributed by atoms with E-state index >= 15 is 0 Å². The first-order valence-electron chi connectivity index (χ1n) is 15.1. The predicted molar refractivity (Wildman–Crippen MR) is 161 cm³/mol. The molecule has 1 saturated carbocycles. The average Bonchev–Trinajstić information content (AvgIpc) is 3.13. The highest BCUT2D eigenvalue weighted by Gasteiger charge is 2.37. The maximum atomic E-state index is 12.1. The summed E-state index contributed by atoms with van der Waals surface area (Å²) in [6, 6.07) is 5.97. The number of Topliss-reactive ketones (excluding diaryl/α,β-unsaturated/α-hetero) is 1. The molecule has 2 fully saturated rings. The molecule has 2 aliphatic heterocycles. The molecule has 38 heavy (non-hydrogen) atoms. The topological polar surface area (TPSA) is 42.0 Å². The van der Waals surface area contributed by atoms with E-state index in [1.165, 1.54) is 51.5 Å². The Morgan fingerprint density at radius 1 is 1.16 bits per heavy atom. The second kappa shape index (κ2) is 15.3. The summed E-state index contributed by atoms with van der Waals surface area (Å²) in [6.45, 7) is 11.9. The molecule has 212 valence electrons. The van der Waals surface area contributed by atoms with Gasteiger partial charge in [0, 0.05) is 37.0 Å². The summed E-state index contributed by atoms with van der Waals surface area (Å²) in [5.41, 5.74) is 1.90. The number of ether oxygens (including phenoxy) is 2. The van der Waals surface area contributed by atoms with Crippen molar-refractivity contribution in [3.8, 4) is 5.75 Å². The van der Waals surface area contributed by atoms with Crippen LogP contribution < -0.4 is 9.64 Å². The van der Waals surface area contributed by atoms with Gasteiger partial charge in [-0.25, -0.2) is 0 Å². The lowest BCUT2D eigenvalue weighted by molar-refractivity contribution is 0.0356. The number of hydrogen-bond donors (Lipinski definition) is 0. The third kappa shape index (κ3) is 8.25. The van der Waals surface area contributed by atoms with Gasteiger partial charge in [-0.1, -0.05) is 19.1 Å². The Labute approximate surface area is 235 Å². The number of benzene rings is 1. The first-order chi connectivity index (χ1) is 18.6. The molecule has 6 heteroatoms. The molecule has 0 N–H and O–H groups in total. The summed E-state index contributed by atoms with van der Waals surface area (Å²) in [6.07, 6.45) is 17.3.